The molecule has 1 aromatic heterocycles. The molecule has 6 nitrogen and oxygen atoms in total. The van der Waals surface area contributed by atoms with E-state index in [-0.39, 0.29) is 30.2 Å². The molecule has 0 saturated carbocycles. The highest BCUT2D eigenvalue weighted by Crippen LogP contribution is 2.24. The number of aryl methyl sites for hydroxylation is 1. The maximum Gasteiger partial charge on any atom is 0.227 e. The molecule has 1 fully saturated rings. The van der Waals surface area contributed by atoms with E-state index in [2.05, 4.69) is 10.4 Å². The summed E-state index contributed by atoms with van der Waals surface area (Å²) in [5.74, 6) is -0.312. The Morgan fingerprint density at radius 2 is 2.37 bits per heavy atom. The number of rotatable bonds is 4. The summed E-state index contributed by atoms with van der Waals surface area (Å²) in [6.07, 6.45) is 4.59. The first-order valence-electron chi connectivity index (χ1n) is 6.60. The second kappa shape index (κ2) is 5.42. The summed E-state index contributed by atoms with van der Waals surface area (Å²) in [6.45, 7) is 4.42. The Balaban J connectivity index is 2.01. The summed E-state index contributed by atoms with van der Waals surface area (Å²) in [6, 6.07) is 0.148. The summed E-state index contributed by atoms with van der Waals surface area (Å²) >= 11 is 0. The maximum absolute atomic E-state index is 12.0. The predicted octanol–water partition coefficient (Wildman–Crippen LogP) is 0.688. The summed E-state index contributed by atoms with van der Waals surface area (Å²) in [4.78, 5) is 25.6. The van der Waals surface area contributed by atoms with Gasteiger partial charge >= 0.3 is 0 Å². The molecule has 0 aliphatic carbocycles. The molecule has 1 saturated heterocycles. The topological polar surface area (TPSA) is 67.2 Å². The quantitative estimate of drug-likeness (QED) is 0.870. The molecular weight excluding hydrogens is 244 g/mol. The van der Waals surface area contributed by atoms with Crippen LogP contribution in [0.1, 0.15) is 26.7 Å². The van der Waals surface area contributed by atoms with Crippen LogP contribution in [-0.4, -0.2) is 34.2 Å². The lowest BCUT2D eigenvalue weighted by Crippen LogP contribution is -2.38. The van der Waals surface area contributed by atoms with Crippen LogP contribution in [0.25, 0.3) is 0 Å². The van der Waals surface area contributed by atoms with E-state index in [1.807, 2.05) is 13.8 Å². The van der Waals surface area contributed by atoms with Crippen LogP contribution < -0.4 is 10.2 Å². The fraction of sp³-hybridized carbons (Fsp3) is 0.615. The Labute approximate surface area is 112 Å². The van der Waals surface area contributed by atoms with Crippen molar-refractivity contribution in [2.75, 3.05) is 11.4 Å². The zero-order valence-corrected chi connectivity index (χ0v) is 11.6. The van der Waals surface area contributed by atoms with E-state index in [0.717, 1.165) is 12.1 Å². The third-order valence-electron chi connectivity index (χ3n) is 3.50. The fourth-order valence-electron chi connectivity index (χ4n) is 2.14. The zero-order chi connectivity index (χ0) is 14.0. The van der Waals surface area contributed by atoms with Gasteiger partial charge in [-0.2, -0.15) is 5.10 Å². The molecule has 2 heterocycles. The molecule has 0 radical (unpaired) electrons. The van der Waals surface area contributed by atoms with E-state index < -0.39 is 0 Å². The summed E-state index contributed by atoms with van der Waals surface area (Å²) in [5.41, 5.74) is 0.756. The number of hydrogen-bond donors (Lipinski definition) is 1. The Morgan fingerprint density at radius 1 is 1.63 bits per heavy atom. The normalized spacial score (nSPS) is 20.7. The van der Waals surface area contributed by atoms with Crippen molar-refractivity contribution in [2.24, 2.45) is 13.0 Å². The van der Waals surface area contributed by atoms with Gasteiger partial charge in [0.2, 0.25) is 11.8 Å². The third-order valence-corrected chi connectivity index (χ3v) is 3.50. The van der Waals surface area contributed by atoms with Crippen molar-refractivity contribution in [1.29, 1.82) is 0 Å². The average Bonchev–Trinajstić information content (AvgIpc) is 2.95. The molecule has 1 aliphatic rings. The number of carbonyl (C=O) groups excluding carboxylic acids is 2. The van der Waals surface area contributed by atoms with Gasteiger partial charge in [0.1, 0.15) is 0 Å². The molecule has 19 heavy (non-hydrogen) atoms. The highest BCUT2D eigenvalue weighted by atomic mass is 16.2. The average molecular weight is 264 g/mol. The Kier molecular flexibility index (Phi) is 3.87. The molecule has 1 aromatic rings. The van der Waals surface area contributed by atoms with Gasteiger partial charge < -0.3 is 10.2 Å². The number of amides is 2. The highest BCUT2D eigenvalue weighted by Gasteiger charge is 2.35. The maximum atomic E-state index is 12.0. The van der Waals surface area contributed by atoms with Crippen molar-refractivity contribution >= 4 is 17.5 Å². The third kappa shape index (κ3) is 2.94. The van der Waals surface area contributed by atoms with Gasteiger partial charge in [0, 0.05) is 32.3 Å². The van der Waals surface area contributed by atoms with Crippen molar-refractivity contribution < 1.29 is 9.59 Å². The minimum atomic E-state index is -0.262. The molecule has 0 spiro atoms. The molecule has 1 aliphatic heterocycles. The van der Waals surface area contributed by atoms with Crippen molar-refractivity contribution in [3.05, 3.63) is 12.4 Å². The van der Waals surface area contributed by atoms with Crippen LogP contribution in [0.15, 0.2) is 12.4 Å². The fourth-order valence-corrected chi connectivity index (χ4v) is 2.14. The Bertz CT molecular complexity index is 483. The summed E-state index contributed by atoms with van der Waals surface area (Å²) in [7, 11) is 1.80. The largest absolute Gasteiger partial charge is 0.353 e. The van der Waals surface area contributed by atoms with Gasteiger partial charge in [-0.05, 0) is 13.3 Å². The van der Waals surface area contributed by atoms with Crippen molar-refractivity contribution in [3.8, 4) is 0 Å². The highest BCUT2D eigenvalue weighted by molar-refractivity contribution is 6.00. The lowest BCUT2D eigenvalue weighted by Gasteiger charge is -2.16. The first kappa shape index (κ1) is 13.6. The number of carbonyl (C=O) groups is 2. The van der Waals surface area contributed by atoms with E-state index >= 15 is 0 Å². The standard InChI is InChI=1S/C13H20N4O2/c1-4-9(2)15-13(19)10-5-12(18)17(7-10)11-6-14-16(3)8-11/h6,8-10H,4-5,7H2,1-3H3,(H,15,19). The number of aromatic nitrogens is 2. The first-order valence-corrected chi connectivity index (χ1v) is 6.60. The van der Waals surface area contributed by atoms with Gasteiger partial charge in [-0.1, -0.05) is 6.92 Å². The molecule has 2 amide bonds. The molecule has 6 heteroatoms. The van der Waals surface area contributed by atoms with Gasteiger partial charge in [-0.25, -0.2) is 0 Å². The van der Waals surface area contributed by atoms with Gasteiger partial charge in [-0.15, -0.1) is 0 Å². The lowest BCUT2D eigenvalue weighted by atomic mass is 10.1. The van der Waals surface area contributed by atoms with Gasteiger partial charge in [-0.3, -0.25) is 14.3 Å². The summed E-state index contributed by atoms with van der Waals surface area (Å²) in [5, 5.41) is 6.98. The molecule has 2 rings (SSSR count). The predicted molar refractivity (Wildman–Crippen MR) is 71.6 cm³/mol. The monoisotopic (exact) mass is 264 g/mol. The Hall–Kier alpha value is -1.85. The van der Waals surface area contributed by atoms with Crippen LogP contribution in [0.3, 0.4) is 0 Å². The zero-order valence-electron chi connectivity index (χ0n) is 11.6. The second-order valence-corrected chi connectivity index (χ2v) is 5.10. The lowest BCUT2D eigenvalue weighted by molar-refractivity contribution is -0.126. The van der Waals surface area contributed by atoms with Gasteiger partial charge in [0.15, 0.2) is 0 Å². The van der Waals surface area contributed by atoms with E-state index in [0.29, 0.717) is 6.54 Å². The van der Waals surface area contributed by atoms with Crippen molar-refractivity contribution in [2.45, 2.75) is 32.7 Å². The van der Waals surface area contributed by atoms with E-state index in [4.69, 9.17) is 0 Å². The second-order valence-electron chi connectivity index (χ2n) is 5.10. The number of anilines is 1. The van der Waals surface area contributed by atoms with E-state index in [1.54, 1.807) is 29.0 Å². The van der Waals surface area contributed by atoms with Crippen molar-refractivity contribution in [1.82, 2.24) is 15.1 Å². The van der Waals surface area contributed by atoms with Crippen LogP contribution in [0.2, 0.25) is 0 Å². The van der Waals surface area contributed by atoms with Crippen LogP contribution in [0.5, 0.6) is 0 Å². The number of nitrogens with zero attached hydrogens (tertiary/aromatic N) is 3. The van der Waals surface area contributed by atoms with E-state index in [1.165, 1.54) is 0 Å². The molecule has 2 atom stereocenters. The smallest absolute Gasteiger partial charge is 0.227 e. The molecule has 1 N–H and O–H groups in total. The van der Waals surface area contributed by atoms with E-state index in [9.17, 15) is 9.59 Å². The number of hydrogen-bond acceptors (Lipinski definition) is 3. The van der Waals surface area contributed by atoms with Crippen LogP contribution in [0.4, 0.5) is 5.69 Å². The van der Waals surface area contributed by atoms with Gasteiger partial charge in [0.05, 0.1) is 17.8 Å². The first-order chi connectivity index (χ1) is 9.01. The van der Waals surface area contributed by atoms with Crippen LogP contribution in [-0.2, 0) is 16.6 Å². The van der Waals surface area contributed by atoms with Crippen LogP contribution in [0, 0.1) is 5.92 Å². The number of nitrogens with one attached hydrogen (secondary N) is 1. The summed E-state index contributed by atoms with van der Waals surface area (Å²) < 4.78 is 1.65. The minimum absolute atomic E-state index is 0.0164. The SMILES string of the molecule is CCC(C)NC(=O)C1CC(=O)N(c2cnn(C)c2)C1. The molecule has 104 valence electrons. The molecular formula is C13H20N4O2. The Morgan fingerprint density at radius 3 is 2.95 bits per heavy atom. The van der Waals surface area contributed by atoms with Crippen molar-refractivity contribution in [3.63, 3.8) is 0 Å². The van der Waals surface area contributed by atoms with Crippen LogP contribution >= 0.6 is 0 Å². The minimum Gasteiger partial charge on any atom is -0.353 e. The molecule has 0 bridgehead atoms. The molecule has 0 aromatic carbocycles. The van der Waals surface area contributed by atoms with Gasteiger partial charge in [0.25, 0.3) is 0 Å². The molecule has 2 unspecified atom stereocenters.